The third kappa shape index (κ3) is 1.83. The lowest BCUT2D eigenvalue weighted by molar-refractivity contribution is -0.124. The Balaban J connectivity index is 2.48. The van der Waals surface area contributed by atoms with E-state index in [1.807, 2.05) is 33.0 Å². The van der Waals surface area contributed by atoms with Crippen LogP contribution in [-0.2, 0) is 16.8 Å². The fourth-order valence-corrected chi connectivity index (χ4v) is 2.32. The zero-order chi connectivity index (χ0) is 11.8. The van der Waals surface area contributed by atoms with Gasteiger partial charge in [-0.2, -0.15) is 0 Å². The molecule has 1 aliphatic heterocycles. The molecule has 1 amide bonds. The van der Waals surface area contributed by atoms with E-state index in [1.165, 1.54) is 11.1 Å². The Hall–Kier alpha value is -1.35. The van der Waals surface area contributed by atoms with Crippen molar-refractivity contribution in [3.63, 3.8) is 0 Å². The number of rotatable bonds is 1. The molecule has 0 aromatic heterocycles. The average molecular weight is 218 g/mol. The van der Waals surface area contributed by atoms with E-state index in [9.17, 15) is 4.79 Å². The van der Waals surface area contributed by atoms with E-state index in [0.29, 0.717) is 0 Å². The number of hydrogen-bond acceptors (Lipinski definition) is 2. The molecule has 1 aromatic rings. The number of hydrogen-bond donors (Lipinski definition) is 2. The van der Waals surface area contributed by atoms with Crippen LogP contribution in [0.5, 0.6) is 0 Å². The molecule has 1 aromatic carbocycles. The van der Waals surface area contributed by atoms with Crippen LogP contribution in [0.2, 0.25) is 0 Å². The molecule has 0 saturated carbocycles. The lowest BCUT2D eigenvalue weighted by Gasteiger charge is -2.26. The predicted octanol–water partition coefficient (Wildman–Crippen LogP) is 1.18. The van der Waals surface area contributed by atoms with Crippen molar-refractivity contribution in [1.82, 2.24) is 10.6 Å². The SMILES string of the molecule is CNC1Cc2ccccc2C(C)(C)NC1=O. The summed E-state index contributed by atoms with van der Waals surface area (Å²) in [7, 11) is 1.82. The van der Waals surface area contributed by atoms with Gasteiger partial charge in [-0.25, -0.2) is 0 Å². The van der Waals surface area contributed by atoms with Crippen molar-refractivity contribution in [2.75, 3.05) is 7.05 Å². The van der Waals surface area contributed by atoms with Gasteiger partial charge in [0.25, 0.3) is 0 Å². The molecule has 86 valence electrons. The van der Waals surface area contributed by atoms with E-state index >= 15 is 0 Å². The first kappa shape index (κ1) is 11.1. The monoisotopic (exact) mass is 218 g/mol. The highest BCUT2D eigenvalue weighted by atomic mass is 16.2. The first-order valence-electron chi connectivity index (χ1n) is 5.62. The van der Waals surface area contributed by atoms with Gasteiger partial charge in [0.2, 0.25) is 5.91 Å². The summed E-state index contributed by atoms with van der Waals surface area (Å²) >= 11 is 0. The second-order valence-corrected chi connectivity index (χ2v) is 4.82. The summed E-state index contributed by atoms with van der Waals surface area (Å²) in [5.41, 5.74) is 2.16. The highest BCUT2D eigenvalue weighted by molar-refractivity contribution is 5.83. The minimum Gasteiger partial charge on any atom is -0.346 e. The van der Waals surface area contributed by atoms with Gasteiger partial charge in [-0.05, 0) is 38.4 Å². The summed E-state index contributed by atoms with van der Waals surface area (Å²) in [6.07, 6.45) is 0.752. The second-order valence-electron chi connectivity index (χ2n) is 4.82. The van der Waals surface area contributed by atoms with Crippen molar-refractivity contribution in [3.05, 3.63) is 35.4 Å². The smallest absolute Gasteiger partial charge is 0.238 e. The molecule has 16 heavy (non-hydrogen) atoms. The van der Waals surface area contributed by atoms with E-state index in [1.54, 1.807) is 0 Å². The van der Waals surface area contributed by atoms with Crippen LogP contribution in [0.1, 0.15) is 25.0 Å². The third-order valence-corrected chi connectivity index (χ3v) is 3.22. The Bertz CT molecular complexity index is 412. The number of amides is 1. The van der Waals surface area contributed by atoms with Crippen LogP contribution in [0, 0.1) is 0 Å². The van der Waals surface area contributed by atoms with Crippen molar-refractivity contribution < 1.29 is 4.79 Å². The summed E-state index contributed by atoms with van der Waals surface area (Å²) < 4.78 is 0. The zero-order valence-electron chi connectivity index (χ0n) is 10.0. The number of nitrogens with one attached hydrogen (secondary N) is 2. The van der Waals surface area contributed by atoms with Crippen LogP contribution in [0.4, 0.5) is 0 Å². The molecule has 0 aliphatic carbocycles. The van der Waals surface area contributed by atoms with Gasteiger partial charge in [-0.3, -0.25) is 4.79 Å². The van der Waals surface area contributed by atoms with Crippen LogP contribution < -0.4 is 10.6 Å². The van der Waals surface area contributed by atoms with Crippen LogP contribution in [0.3, 0.4) is 0 Å². The first-order chi connectivity index (χ1) is 7.54. The highest BCUT2D eigenvalue weighted by Crippen LogP contribution is 2.27. The largest absolute Gasteiger partial charge is 0.346 e. The first-order valence-corrected chi connectivity index (χ1v) is 5.62. The molecular weight excluding hydrogens is 200 g/mol. The third-order valence-electron chi connectivity index (χ3n) is 3.22. The van der Waals surface area contributed by atoms with E-state index in [4.69, 9.17) is 0 Å². The van der Waals surface area contributed by atoms with Crippen molar-refractivity contribution in [3.8, 4) is 0 Å². The number of likely N-dealkylation sites (N-methyl/N-ethyl adjacent to an activating group) is 1. The predicted molar refractivity (Wildman–Crippen MR) is 64.2 cm³/mol. The average Bonchev–Trinajstić information content (AvgIpc) is 2.34. The van der Waals surface area contributed by atoms with E-state index in [0.717, 1.165) is 6.42 Å². The maximum atomic E-state index is 12.0. The zero-order valence-corrected chi connectivity index (χ0v) is 10.0. The number of carbonyl (C=O) groups is 1. The summed E-state index contributed by atoms with van der Waals surface area (Å²) in [6.45, 7) is 4.09. The molecule has 0 saturated heterocycles. The summed E-state index contributed by atoms with van der Waals surface area (Å²) in [4.78, 5) is 12.0. The molecular formula is C13H18N2O. The highest BCUT2D eigenvalue weighted by Gasteiger charge is 2.32. The van der Waals surface area contributed by atoms with Crippen molar-refractivity contribution >= 4 is 5.91 Å². The van der Waals surface area contributed by atoms with Gasteiger partial charge in [0.05, 0.1) is 11.6 Å². The van der Waals surface area contributed by atoms with Gasteiger partial charge in [0.1, 0.15) is 0 Å². The molecule has 2 N–H and O–H groups in total. The van der Waals surface area contributed by atoms with Crippen molar-refractivity contribution in [2.45, 2.75) is 31.8 Å². The molecule has 2 rings (SSSR count). The molecule has 1 aliphatic rings. The van der Waals surface area contributed by atoms with Gasteiger partial charge >= 0.3 is 0 Å². The van der Waals surface area contributed by atoms with Crippen LogP contribution in [0.15, 0.2) is 24.3 Å². The fourth-order valence-electron chi connectivity index (χ4n) is 2.32. The molecule has 0 bridgehead atoms. The lowest BCUT2D eigenvalue weighted by Crippen LogP contribution is -2.48. The Kier molecular flexibility index (Phi) is 2.72. The maximum Gasteiger partial charge on any atom is 0.238 e. The summed E-state index contributed by atoms with van der Waals surface area (Å²) in [6, 6.07) is 8.10. The number of carbonyl (C=O) groups excluding carboxylic acids is 1. The Morgan fingerprint density at radius 3 is 2.75 bits per heavy atom. The molecule has 0 spiro atoms. The molecule has 3 nitrogen and oxygen atoms in total. The Morgan fingerprint density at radius 1 is 1.38 bits per heavy atom. The number of benzene rings is 1. The van der Waals surface area contributed by atoms with Gasteiger partial charge in [0, 0.05) is 0 Å². The molecule has 0 radical (unpaired) electrons. The van der Waals surface area contributed by atoms with Gasteiger partial charge in [-0.1, -0.05) is 24.3 Å². The summed E-state index contributed by atoms with van der Waals surface area (Å²) in [5, 5.41) is 6.13. The van der Waals surface area contributed by atoms with E-state index in [-0.39, 0.29) is 17.5 Å². The van der Waals surface area contributed by atoms with E-state index in [2.05, 4.69) is 22.8 Å². The van der Waals surface area contributed by atoms with Crippen molar-refractivity contribution in [2.24, 2.45) is 0 Å². The summed E-state index contributed by atoms with van der Waals surface area (Å²) in [5.74, 6) is 0.0729. The lowest BCUT2D eigenvalue weighted by atomic mass is 9.90. The molecule has 1 atom stereocenters. The van der Waals surface area contributed by atoms with Crippen molar-refractivity contribution in [1.29, 1.82) is 0 Å². The molecule has 1 unspecified atom stereocenters. The quantitative estimate of drug-likeness (QED) is 0.743. The minimum absolute atomic E-state index is 0.0729. The van der Waals surface area contributed by atoms with Gasteiger partial charge < -0.3 is 10.6 Å². The van der Waals surface area contributed by atoms with Gasteiger partial charge in [0.15, 0.2) is 0 Å². The van der Waals surface area contributed by atoms with Gasteiger partial charge in [-0.15, -0.1) is 0 Å². The fraction of sp³-hybridized carbons (Fsp3) is 0.462. The Morgan fingerprint density at radius 2 is 2.06 bits per heavy atom. The number of fused-ring (bicyclic) bond motifs is 1. The molecule has 3 heteroatoms. The standard InChI is InChI=1S/C13H18N2O/c1-13(2)10-7-5-4-6-9(10)8-11(14-3)12(16)15-13/h4-7,11,14H,8H2,1-3H3,(H,15,16). The minimum atomic E-state index is -0.292. The van der Waals surface area contributed by atoms with E-state index < -0.39 is 0 Å². The van der Waals surface area contributed by atoms with Crippen LogP contribution in [0.25, 0.3) is 0 Å². The Labute approximate surface area is 96.2 Å². The normalized spacial score (nSPS) is 23.2. The molecule has 0 fully saturated rings. The topological polar surface area (TPSA) is 41.1 Å². The second kappa shape index (κ2) is 3.91. The maximum absolute atomic E-state index is 12.0. The van der Waals surface area contributed by atoms with Crippen LogP contribution >= 0.6 is 0 Å². The molecule has 1 heterocycles. The van der Waals surface area contributed by atoms with Crippen LogP contribution in [-0.4, -0.2) is 19.0 Å².